The summed E-state index contributed by atoms with van der Waals surface area (Å²) in [5.74, 6) is -3.08. The molecule has 4 N–H and O–H groups in total. The highest BCUT2D eigenvalue weighted by molar-refractivity contribution is 7.99. The SMILES string of the molecule is C=C(C)Cc1cc(OC)c(Cl)c(N(C)C(=O)C[C@H](OC(=O)[C@H](C)N(C)C(=O)CCSCC(=O)NCCC(=O)O)[C@]2(C)O[C@H]2[C@H](C)[C@@H]2C[C@](O)([C@@H](/C=C/C)OC)NC(=O)O2)c1. The average molecular weight is 883 g/mol. The summed E-state index contributed by atoms with van der Waals surface area (Å²) in [5.41, 5.74) is -1.09. The van der Waals surface area contributed by atoms with Crippen molar-refractivity contribution in [2.45, 2.75) is 109 Å². The number of allylic oxidation sites excluding steroid dienone is 2. The number of hydrogen-bond acceptors (Lipinski definition) is 13. The van der Waals surface area contributed by atoms with Crippen molar-refractivity contribution in [2.24, 2.45) is 5.92 Å². The molecule has 0 spiro atoms. The zero-order chi connectivity index (χ0) is 45.1. The van der Waals surface area contributed by atoms with Gasteiger partial charge in [0, 0.05) is 52.3 Å². The van der Waals surface area contributed by atoms with Gasteiger partial charge < -0.3 is 49.0 Å². The first kappa shape index (κ1) is 50.0. The molecule has 0 radical (unpaired) electrons. The predicted molar refractivity (Wildman–Crippen MR) is 225 cm³/mol. The fraction of sp³-hybridized carbons (Fsp3) is 0.610. The Morgan fingerprint density at radius 3 is 2.45 bits per heavy atom. The zero-order valence-electron chi connectivity index (χ0n) is 35.7. The molecule has 8 atom stereocenters. The van der Waals surface area contributed by atoms with Crippen LogP contribution < -0.4 is 20.3 Å². The van der Waals surface area contributed by atoms with E-state index in [0.717, 1.165) is 11.1 Å². The summed E-state index contributed by atoms with van der Waals surface area (Å²) in [4.78, 5) is 79.1. The van der Waals surface area contributed by atoms with Crippen LogP contribution in [0.5, 0.6) is 5.75 Å². The number of alkyl carbamates (subject to hydrolysis) is 1. The van der Waals surface area contributed by atoms with Crippen LogP contribution in [0, 0.1) is 5.92 Å². The van der Waals surface area contributed by atoms with Crippen molar-refractivity contribution in [2.75, 3.05) is 51.3 Å². The van der Waals surface area contributed by atoms with E-state index in [0.29, 0.717) is 17.9 Å². The molecule has 0 aliphatic carbocycles. The number of carboxylic acid groups (broad SMARTS) is 1. The van der Waals surface area contributed by atoms with Crippen molar-refractivity contribution in [1.82, 2.24) is 15.5 Å². The van der Waals surface area contributed by atoms with Crippen LogP contribution in [-0.2, 0) is 49.3 Å². The van der Waals surface area contributed by atoms with Gasteiger partial charge in [0.25, 0.3) is 0 Å². The molecule has 2 saturated heterocycles. The van der Waals surface area contributed by atoms with E-state index in [9.17, 15) is 33.9 Å². The summed E-state index contributed by atoms with van der Waals surface area (Å²) < 4.78 is 28.9. The van der Waals surface area contributed by atoms with Crippen LogP contribution in [0.25, 0.3) is 0 Å². The number of likely N-dealkylation sites (N-methyl/N-ethyl adjacent to an activating group) is 1. The number of aliphatic carboxylic acids is 1. The minimum absolute atomic E-state index is 0.00563. The zero-order valence-corrected chi connectivity index (χ0v) is 37.3. The molecule has 0 unspecified atom stereocenters. The maximum absolute atomic E-state index is 14.2. The lowest BCUT2D eigenvalue weighted by molar-refractivity contribution is -0.162. The fourth-order valence-corrected chi connectivity index (χ4v) is 7.96. The molecule has 2 heterocycles. The minimum atomic E-state index is -1.82. The number of rotatable bonds is 23. The van der Waals surface area contributed by atoms with Gasteiger partial charge in [-0.3, -0.25) is 24.5 Å². The molecule has 2 fully saturated rings. The van der Waals surface area contributed by atoms with Crippen molar-refractivity contribution < 1.29 is 62.7 Å². The van der Waals surface area contributed by atoms with Crippen molar-refractivity contribution in [3.05, 3.63) is 47.0 Å². The highest BCUT2D eigenvalue weighted by Crippen LogP contribution is 2.49. The van der Waals surface area contributed by atoms with Crippen molar-refractivity contribution >= 4 is 64.8 Å². The number of cyclic esters (lactones) is 1. The highest BCUT2D eigenvalue weighted by Gasteiger charge is 2.64. The molecule has 4 amide bonds. The fourth-order valence-electron chi connectivity index (χ4n) is 6.90. The number of benzene rings is 1. The standard InChI is InChI=1S/C41H59ClN4O13S/c1-11-12-30(56-10)41(54)21-29(57-39(53)44-41)24(4)37-40(6,59-37)31(20-34(49)46(8)27-18-26(17-23(2)3)19-28(55-9)36(27)42)58-38(52)25(5)45(7)33(48)14-16-60-22-32(47)43-15-13-35(50)51/h11-12,18-19,24-25,29-31,37,54H,2,13-17,20-22H2,1,3-10H3,(H,43,47)(H,44,53)(H,50,51)/b12-11+/t24-,25+,29+,30-,31+,37+,40+,41+/m1/s1. The van der Waals surface area contributed by atoms with Crippen LogP contribution >= 0.6 is 23.4 Å². The van der Waals surface area contributed by atoms with Gasteiger partial charge in [-0.2, -0.15) is 11.8 Å². The highest BCUT2D eigenvalue weighted by atomic mass is 35.5. The molecule has 334 valence electrons. The molecule has 3 rings (SSSR count). The topological polar surface area (TPSA) is 223 Å². The molecule has 19 heteroatoms. The first-order valence-electron chi connectivity index (χ1n) is 19.5. The van der Waals surface area contributed by atoms with Crippen LogP contribution in [-0.4, -0.2) is 139 Å². The summed E-state index contributed by atoms with van der Waals surface area (Å²) in [7, 11) is 5.83. The van der Waals surface area contributed by atoms with Crippen molar-refractivity contribution in [1.29, 1.82) is 0 Å². The van der Waals surface area contributed by atoms with Crippen LogP contribution in [0.3, 0.4) is 0 Å². The number of carboxylic acids is 1. The molecule has 2 aliphatic heterocycles. The molecule has 17 nitrogen and oxygen atoms in total. The number of carbonyl (C=O) groups excluding carboxylic acids is 5. The van der Waals surface area contributed by atoms with Gasteiger partial charge in [0.15, 0.2) is 5.72 Å². The summed E-state index contributed by atoms with van der Waals surface area (Å²) in [6.45, 7) is 12.5. The lowest BCUT2D eigenvalue weighted by Crippen LogP contribution is -2.63. The summed E-state index contributed by atoms with van der Waals surface area (Å²) in [6, 6.07) is 2.40. The van der Waals surface area contributed by atoms with Gasteiger partial charge in [0.1, 0.15) is 40.7 Å². The van der Waals surface area contributed by atoms with Crippen LogP contribution in [0.2, 0.25) is 5.02 Å². The molecule has 1 aromatic rings. The van der Waals surface area contributed by atoms with E-state index in [1.165, 1.54) is 56.8 Å². The second kappa shape index (κ2) is 21.9. The molecule has 0 bridgehead atoms. The first-order valence-corrected chi connectivity index (χ1v) is 21.0. The van der Waals surface area contributed by atoms with Crippen LogP contribution in [0.4, 0.5) is 10.5 Å². The lowest BCUT2D eigenvalue weighted by atomic mass is 9.83. The Morgan fingerprint density at radius 2 is 1.85 bits per heavy atom. The third-order valence-corrected chi connectivity index (χ3v) is 11.9. The van der Waals surface area contributed by atoms with Gasteiger partial charge in [0.05, 0.1) is 37.5 Å². The Hall–Kier alpha value is -4.36. The normalized spacial score (nSPS) is 22.9. The number of ether oxygens (including phenoxy) is 5. The number of nitrogens with zero attached hydrogens (tertiary/aromatic N) is 2. The number of aliphatic hydroxyl groups is 1. The van der Waals surface area contributed by atoms with Crippen molar-refractivity contribution in [3.8, 4) is 5.75 Å². The molecule has 60 heavy (non-hydrogen) atoms. The third kappa shape index (κ3) is 13.1. The number of esters is 1. The van der Waals surface area contributed by atoms with E-state index in [-0.39, 0.29) is 54.7 Å². The lowest BCUT2D eigenvalue weighted by Gasteiger charge is -2.42. The maximum atomic E-state index is 14.2. The van der Waals surface area contributed by atoms with E-state index >= 15 is 0 Å². The second-order valence-corrected chi connectivity index (χ2v) is 16.8. The Labute approximate surface area is 360 Å². The number of epoxide rings is 1. The van der Waals surface area contributed by atoms with E-state index in [2.05, 4.69) is 17.2 Å². The van der Waals surface area contributed by atoms with Crippen LogP contribution in [0.15, 0.2) is 36.4 Å². The van der Waals surface area contributed by atoms with Gasteiger partial charge in [-0.15, -0.1) is 0 Å². The Kier molecular flexibility index (Phi) is 18.3. The average Bonchev–Trinajstić information content (AvgIpc) is 3.88. The van der Waals surface area contributed by atoms with Gasteiger partial charge in [0.2, 0.25) is 17.7 Å². The number of halogens is 1. The number of methoxy groups -OCH3 is 2. The molecule has 0 aromatic heterocycles. The number of carbonyl (C=O) groups is 6. The van der Waals surface area contributed by atoms with Gasteiger partial charge in [-0.05, 0) is 51.8 Å². The van der Waals surface area contributed by atoms with Crippen molar-refractivity contribution in [3.63, 3.8) is 0 Å². The van der Waals surface area contributed by atoms with Gasteiger partial charge in [-0.1, -0.05) is 42.8 Å². The minimum Gasteiger partial charge on any atom is -0.495 e. The van der Waals surface area contributed by atoms with Gasteiger partial charge >= 0.3 is 18.0 Å². The number of thioether (sulfide) groups is 1. The smallest absolute Gasteiger partial charge is 0.409 e. The summed E-state index contributed by atoms with van der Waals surface area (Å²) in [5, 5.41) is 25.3. The third-order valence-electron chi connectivity index (χ3n) is 10.6. The molecular weight excluding hydrogens is 824 g/mol. The maximum Gasteiger partial charge on any atom is 0.409 e. The number of nitrogens with one attached hydrogen (secondary N) is 2. The van der Waals surface area contributed by atoms with E-state index in [4.69, 9.17) is 40.4 Å². The quantitative estimate of drug-likeness (QED) is 0.0531. The Balaban J connectivity index is 1.84. The molecule has 0 saturated carbocycles. The van der Waals surface area contributed by atoms with Crippen LogP contribution in [0.1, 0.15) is 65.9 Å². The second-order valence-electron chi connectivity index (χ2n) is 15.3. The molecular formula is C41H59ClN4O13S. The Morgan fingerprint density at radius 1 is 1.17 bits per heavy atom. The summed E-state index contributed by atoms with van der Waals surface area (Å²) >= 11 is 7.88. The largest absolute Gasteiger partial charge is 0.495 e. The van der Waals surface area contributed by atoms with E-state index < -0.39 is 77.5 Å². The monoisotopic (exact) mass is 882 g/mol. The van der Waals surface area contributed by atoms with Gasteiger partial charge in [-0.25, -0.2) is 9.59 Å². The Bertz CT molecular complexity index is 1800. The summed E-state index contributed by atoms with van der Waals surface area (Å²) in [6.07, 6.45) is -1.50. The number of amides is 4. The number of anilines is 1. The number of hydrogen-bond donors (Lipinski definition) is 4. The molecule has 1 aromatic carbocycles. The first-order chi connectivity index (χ1) is 28.1. The molecule has 2 aliphatic rings. The van der Waals surface area contributed by atoms with E-state index in [1.807, 2.05) is 6.92 Å². The predicted octanol–water partition coefficient (Wildman–Crippen LogP) is 3.86. The van der Waals surface area contributed by atoms with E-state index in [1.54, 1.807) is 45.1 Å².